The number of benzene rings is 2. The van der Waals surface area contributed by atoms with Gasteiger partial charge in [0.1, 0.15) is 23.1 Å². The van der Waals surface area contributed by atoms with Crippen molar-refractivity contribution in [3.8, 4) is 11.5 Å². The fourth-order valence-electron chi connectivity index (χ4n) is 5.57. The number of esters is 1. The Hall–Kier alpha value is -3.58. The quantitative estimate of drug-likeness (QED) is 0.294. The van der Waals surface area contributed by atoms with Crippen LogP contribution in [0.1, 0.15) is 80.4 Å². The fraction of sp³-hybridized carbons (Fsp3) is 0.455. The van der Waals surface area contributed by atoms with Crippen LogP contribution < -0.4 is 4.74 Å². The maximum absolute atomic E-state index is 13.6. The molecule has 3 atom stereocenters. The van der Waals surface area contributed by atoms with E-state index in [1.165, 1.54) is 29.2 Å². The van der Waals surface area contributed by atoms with Crippen molar-refractivity contribution < 1.29 is 29.3 Å². The third-order valence-corrected chi connectivity index (χ3v) is 8.07. The van der Waals surface area contributed by atoms with Crippen molar-refractivity contribution in [3.05, 3.63) is 82.0 Å². The molecule has 0 aliphatic carbocycles. The molecule has 2 aromatic carbocycles. The maximum Gasteiger partial charge on any atom is 0.328 e. The normalized spacial score (nSPS) is 20.9. The molecule has 0 saturated heterocycles. The molecule has 4 rings (SSSR count). The number of methoxy groups -OCH3 is 1. The highest BCUT2D eigenvalue weighted by Crippen LogP contribution is 2.46. The third kappa shape index (κ3) is 6.25. The summed E-state index contributed by atoms with van der Waals surface area (Å²) in [7, 11) is 1.31. The SMILES string of the molecule is COC(=O)[C@H](Cc1ccccc1)N1Cc2c(cc(O)c3c2O[C@@](C)(CC/C=C(\C)CCC=C(C)C)[C@@H](O)C3)C1=O. The van der Waals surface area contributed by atoms with Crippen molar-refractivity contribution in [2.24, 2.45) is 0 Å². The largest absolute Gasteiger partial charge is 0.508 e. The summed E-state index contributed by atoms with van der Waals surface area (Å²) in [6, 6.07) is 10.1. The van der Waals surface area contributed by atoms with E-state index in [9.17, 15) is 19.8 Å². The Bertz CT molecular complexity index is 1310. The highest BCUT2D eigenvalue weighted by molar-refractivity contribution is 6.02. The standard InChI is InChI=1S/C33H41NO6/c1-21(2)11-9-12-22(3)13-10-16-33(4)29(36)19-25-28(35)18-24-26(30(25)40-33)20-34(31(24)37)27(32(38)39-5)17-23-14-7-6-8-15-23/h6-8,11,13-15,18,27,29,35-36H,9-10,12,16-17,19-20H2,1-5H3/b22-13+/t27-,29-,33-/m0/s1. The molecule has 0 spiro atoms. The Balaban J connectivity index is 1.57. The van der Waals surface area contributed by atoms with Gasteiger partial charge in [-0.3, -0.25) is 4.79 Å². The van der Waals surface area contributed by atoms with Gasteiger partial charge in [-0.25, -0.2) is 4.79 Å². The van der Waals surface area contributed by atoms with Crippen molar-refractivity contribution in [2.75, 3.05) is 7.11 Å². The lowest BCUT2D eigenvalue weighted by Crippen LogP contribution is -2.49. The van der Waals surface area contributed by atoms with Gasteiger partial charge in [0.15, 0.2) is 0 Å². The van der Waals surface area contributed by atoms with E-state index in [0.29, 0.717) is 35.3 Å². The highest BCUT2D eigenvalue weighted by Gasteiger charge is 2.45. The summed E-state index contributed by atoms with van der Waals surface area (Å²) in [5.74, 6) is -0.509. The van der Waals surface area contributed by atoms with Gasteiger partial charge in [-0.05, 0) is 65.0 Å². The Labute approximate surface area is 237 Å². The van der Waals surface area contributed by atoms with E-state index in [4.69, 9.17) is 9.47 Å². The number of amides is 1. The minimum absolute atomic E-state index is 0.0854. The Morgan fingerprint density at radius 2 is 1.90 bits per heavy atom. The smallest absolute Gasteiger partial charge is 0.328 e. The zero-order valence-electron chi connectivity index (χ0n) is 24.2. The number of hydrogen-bond donors (Lipinski definition) is 2. The number of carbonyl (C=O) groups is 2. The van der Waals surface area contributed by atoms with Crippen LogP contribution >= 0.6 is 0 Å². The molecule has 0 saturated carbocycles. The topological polar surface area (TPSA) is 96.3 Å². The summed E-state index contributed by atoms with van der Waals surface area (Å²) in [5, 5.41) is 21.9. The van der Waals surface area contributed by atoms with Crippen LogP contribution in [0.4, 0.5) is 0 Å². The van der Waals surface area contributed by atoms with Crippen molar-refractivity contribution in [1.82, 2.24) is 4.90 Å². The second-order valence-corrected chi connectivity index (χ2v) is 11.4. The Morgan fingerprint density at radius 3 is 2.58 bits per heavy atom. The van der Waals surface area contributed by atoms with Crippen molar-refractivity contribution in [3.63, 3.8) is 0 Å². The molecule has 2 aliphatic heterocycles. The molecule has 0 aromatic heterocycles. The zero-order valence-corrected chi connectivity index (χ0v) is 24.2. The van der Waals surface area contributed by atoms with Crippen LogP contribution in [0.3, 0.4) is 0 Å². The second-order valence-electron chi connectivity index (χ2n) is 11.4. The molecule has 0 fully saturated rings. The number of phenolic OH excluding ortho intramolecular Hbond substituents is 1. The van der Waals surface area contributed by atoms with Gasteiger partial charge in [0.2, 0.25) is 0 Å². The summed E-state index contributed by atoms with van der Waals surface area (Å²) in [6.07, 6.45) is 7.41. The van der Waals surface area contributed by atoms with Gasteiger partial charge in [0.05, 0.1) is 25.3 Å². The molecule has 214 valence electrons. The number of rotatable bonds is 10. The van der Waals surface area contributed by atoms with E-state index in [1.807, 2.05) is 37.3 Å². The van der Waals surface area contributed by atoms with Crippen LogP contribution in [0.2, 0.25) is 0 Å². The molecule has 0 radical (unpaired) electrons. The van der Waals surface area contributed by atoms with Crippen molar-refractivity contribution in [2.45, 2.75) is 90.5 Å². The number of hydrogen-bond acceptors (Lipinski definition) is 6. The molecule has 2 aromatic rings. The summed E-state index contributed by atoms with van der Waals surface area (Å²) in [6.45, 7) is 8.34. The van der Waals surface area contributed by atoms with Crippen molar-refractivity contribution in [1.29, 1.82) is 0 Å². The molecule has 40 heavy (non-hydrogen) atoms. The van der Waals surface area contributed by atoms with Crippen LogP contribution in [-0.2, 0) is 28.9 Å². The molecule has 7 heteroatoms. The average Bonchev–Trinajstić information content (AvgIpc) is 3.24. The van der Waals surface area contributed by atoms with E-state index in [-0.39, 0.29) is 24.6 Å². The molecule has 1 amide bonds. The number of aliphatic hydroxyl groups is 1. The lowest BCUT2D eigenvalue weighted by molar-refractivity contribution is -0.146. The molecule has 0 unspecified atom stereocenters. The Morgan fingerprint density at radius 1 is 1.18 bits per heavy atom. The third-order valence-electron chi connectivity index (χ3n) is 8.07. The summed E-state index contributed by atoms with van der Waals surface area (Å²) < 4.78 is 11.6. The zero-order chi connectivity index (χ0) is 29.0. The van der Waals surface area contributed by atoms with E-state index in [1.54, 1.807) is 0 Å². The number of carbonyl (C=O) groups excluding carboxylic acids is 2. The molecular formula is C33H41NO6. The first-order chi connectivity index (χ1) is 19.0. The monoisotopic (exact) mass is 547 g/mol. The van der Waals surface area contributed by atoms with Crippen LogP contribution in [-0.4, -0.2) is 51.8 Å². The number of aliphatic hydroxyl groups excluding tert-OH is 1. The predicted octanol–water partition coefficient (Wildman–Crippen LogP) is 5.66. The van der Waals surface area contributed by atoms with E-state index in [0.717, 1.165) is 24.8 Å². The van der Waals surface area contributed by atoms with E-state index < -0.39 is 23.7 Å². The molecule has 2 N–H and O–H groups in total. The summed E-state index contributed by atoms with van der Waals surface area (Å²) in [5.41, 5.74) is 4.04. The molecule has 7 nitrogen and oxygen atoms in total. The first-order valence-corrected chi connectivity index (χ1v) is 14.0. The van der Waals surface area contributed by atoms with Gasteiger partial charge < -0.3 is 24.6 Å². The fourth-order valence-corrected chi connectivity index (χ4v) is 5.57. The van der Waals surface area contributed by atoms with Gasteiger partial charge in [-0.2, -0.15) is 0 Å². The van der Waals surface area contributed by atoms with E-state index in [2.05, 4.69) is 32.9 Å². The number of nitrogens with zero attached hydrogens (tertiary/aromatic N) is 1. The number of allylic oxidation sites excluding steroid dienone is 4. The van der Waals surface area contributed by atoms with Crippen LogP contribution in [0.5, 0.6) is 11.5 Å². The van der Waals surface area contributed by atoms with Gasteiger partial charge in [0.25, 0.3) is 5.91 Å². The average molecular weight is 548 g/mol. The maximum atomic E-state index is 13.6. The molecule has 2 heterocycles. The predicted molar refractivity (Wildman–Crippen MR) is 154 cm³/mol. The second kappa shape index (κ2) is 12.3. The Kier molecular flexibility index (Phi) is 9.04. The lowest BCUT2D eigenvalue weighted by atomic mass is 9.84. The van der Waals surface area contributed by atoms with Crippen LogP contribution in [0, 0.1) is 0 Å². The lowest BCUT2D eigenvalue weighted by Gasteiger charge is -2.41. The van der Waals surface area contributed by atoms with Crippen LogP contribution in [0.15, 0.2) is 59.7 Å². The van der Waals surface area contributed by atoms with Gasteiger partial charge >= 0.3 is 5.97 Å². The minimum atomic E-state index is -0.895. The van der Waals surface area contributed by atoms with Crippen LogP contribution in [0.25, 0.3) is 0 Å². The van der Waals surface area contributed by atoms with Gasteiger partial charge in [0, 0.05) is 24.0 Å². The number of aromatic hydroxyl groups is 1. The summed E-state index contributed by atoms with van der Waals surface area (Å²) >= 11 is 0. The summed E-state index contributed by atoms with van der Waals surface area (Å²) in [4.78, 5) is 27.9. The highest BCUT2D eigenvalue weighted by atomic mass is 16.5. The van der Waals surface area contributed by atoms with Gasteiger partial charge in [-0.1, -0.05) is 53.6 Å². The number of phenols is 1. The first-order valence-electron chi connectivity index (χ1n) is 14.0. The van der Waals surface area contributed by atoms with E-state index >= 15 is 0 Å². The minimum Gasteiger partial charge on any atom is -0.508 e. The number of ether oxygens (including phenoxy) is 2. The van der Waals surface area contributed by atoms with Crippen molar-refractivity contribution >= 4 is 11.9 Å². The first kappa shape index (κ1) is 29.4. The number of fused-ring (bicyclic) bond motifs is 3. The molecular weight excluding hydrogens is 506 g/mol. The molecule has 0 bridgehead atoms. The van der Waals surface area contributed by atoms with Gasteiger partial charge in [-0.15, -0.1) is 0 Å². The molecule has 2 aliphatic rings.